The number of nitrogens with one attached hydrogen (secondary N) is 1. The lowest BCUT2D eigenvalue weighted by molar-refractivity contribution is -0.0851. The van der Waals surface area contributed by atoms with Crippen molar-refractivity contribution in [3.63, 3.8) is 0 Å². The standard InChI is InChI=1S/C16H24N2OS/c1-12-10-18-6-3-14(12)15(17-2)13-4-7-19-16(9-13)5-8-20-11-16/h3,6,10,13,15,17H,4-5,7-9,11H2,1-2H3. The Kier molecular flexibility index (Phi) is 4.34. The van der Waals surface area contributed by atoms with Gasteiger partial charge in [-0.3, -0.25) is 4.98 Å². The highest BCUT2D eigenvalue weighted by molar-refractivity contribution is 7.99. The zero-order valence-corrected chi connectivity index (χ0v) is 13.2. The van der Waals surface area contributed by atoms with Gasteiger partial charge in [-0.05, 0) is 62.1 Å². The van der Waals surface area contributed by atoms with Crippen molar-refractivity contribution in [3.05, 3.63) is 29.6 Å². The monoisotopic (exact) mass is 292 g/mol. The van der Waals surface area contributed by atoms with E-state index in [4.69, 9.17) is 4.74 Å². The number of ether oxygens (including phenoxy) is 1. The Labute approximate surface area is 125 Å². The van der Waals surface area contributed by atoms with Crippen LogP contribution >= 0.6 is 11.8 Å². The molecule has 2 saturated heterocycles. The summed E-state index contributed by atoms with van der Waals surface area (Å²) >= 11 is 2.04. The average molecular weight is 292 g/mol. The molecule has 3 nitrogen and oxygen atoms in total. The Morgan fingerprint density at radius 3 is 3.15 bits per heavy atom. The summed E-state index contributed by atoms with van der Waals surface area (Å²) in [6.07, 6.45) is 7.44. The van der Waals surface area contributed by atoms with Crippen molar-refractivity contribution < 1.29 is 4.74 Å². The van der Waals surface area contributed by atoms with Gasteiger partial charge in [-0.15, -0.1) is 0 Å². The molecule has 2 aliphatic heterocycles. The van der Waals surface area contributed by atoms with Crippen LogP contribution in [0.2, 0.25) is 0 Å². The second-order valence-corrected chi connectivity index (χ2v) is 7.19. The van der Waals surface area contributed by atoms with Gasteiger partial charge in [0.15, 0.2) is 0 Å². The van der Waals surface area contributed by atoms with E-state index in [1.165, 1.54) is 35.5 Å². The first-order chi connectivity index (χ1) is 9.74. The van der Waals surface area contributed by atoms with Crippen molar-refractivity contribution in [2.75, 3.05) is 25.2 Å². The smallest absolute Gasteiger partial charge is 0.0783 e. The molecule has 2 aliphatic rings. The van der Waals surface area contributed by atoms with Gasteiger partial charge in [0.05, 0.1) is 5.60 Å². The lowest BCUT2D eigenvalue weighted by Gasteiger charge is -2.41. The molecule has 3 unspecified atom stereocenters. The van der Waals surface area contributed by atoms with E-state index in [2.05, 4.69) is 30.3 Å². The van der Waals surface area contributed by atoms with Crippen molar-refractivity contribution in [1.29, 1.82) is 0 Å². The van der Waals surface area contributed by atoms with E-state index in [9.17, 15) is 0 Å². The second-order valence-electron chi connectivity index (χ2n) is 6.09. The van der Waals surface area contributed by atoms with Crippen LogP contribution in [-0.4, -0.2) is 35.7 Å². The summed E-state index contributed by atoms with van der Waals surface area (Å²) in [5, 5.41) is 3.55. The number of aryl methyl sites for hydroxylation is 1. The summed E-state index contributed by atoms with van der Waals surface area (Å²) < 4.78 is 6.16. The number of pyridine rings is 1. The lowest BCUT2D eigenvalue weighted by atomic mass is 9.78. The molecular weight excluding hydrogens is 268 g/mol. The molecule has 3 rings (SSSR count). The minimum absolute atomic E-state index is 0.156. The van der Waals surface area contributed by atoms with Crippen LogP contribution in [0.1, 0.15) is 36.4 Å². The van der Waals surface area contributed by atoms with Crippen molar-refractivity contribution in [3.8, 4) is 0 Å². The maximum absolute atomic E-state index is 6.16. The van der Waals surface area contributed by atoms with Gasteiger partial charge in [0, 0.05) is 30.8 Å². The molecule has 110 valence electrons. The van der Waals surface area contributed by atoms with Crippen LogP contribution in [0.5, 0.6) is 0 Å². The van der Waals surface area contributed by atoms with E-state index in [0.29, 0.717) is 12.0 Å². The minimum Gasteiger partial charge on any atom is -0.374 e. The molecule has 2 fully saturated rings. The van der Waals surface area contributed by atoms with Gasteiger partial charge < -0.3 is 10.1 Å². The highest BCUT2D eigenvalue weighted by atomic mass is 32.2. The van der Waals surface area contributed by atoms with E-state index < -0.39 is 0 Å². The third-order valence-corrected chi connectivity index (χ3v) is 6.00. The second kappa shape index (κ2) is 6.04. The van der Waals surface area contributed by atoms with E-state index in [1.807, 2.05) is 24.2 Å². The molecule has 0 saturated carbocycles. The fourth-order valence-corrected chi connectivity index (χ4v) is 5.07. The number of thioether (sulfide) groups is 1. The molecule has 1 N–H and O–H groups in total. The third-order valence-electron chi connectivity index (χ3n) is 4.78. The number of nitrogens with zero attached hydrogens (tertiary/aromatic N) is 1. The van der Waals surface area contributed by atoms with E-state index in [-0.39, 0.29) is 5.60 Å². The summed E-state index contributed by atoms with van der Waals surface area (Å²) in [7, 11) is 2.08. The third kappa shape index (κ3) is 2.74. The van der Waals surface area contributed by atoms with Crippen LogP contribution in [-0.2, 0) is 4.74 Å². The molecule has 1 spiro atoms. The van der Waals surface area contributed by atoms with Crippen molar-refractivity contribution in [1.82, 2.24) is 10.3 Å². The molecular formula is C16H24N2OS. The molecule has 1 aromatic heterocycles. The number of rotatable bonds is 3. The van der Waals surface area contributed by atoms with Crippen LogP contribution in [0.4, 0.5) is 0 Å². The van der Waals surface area contributed by atoms with Gasteiger partial charge in [0.1, 0.15) is 0 Å². The van der Waals surface area contributed by atoms with Gasteiger partial charge in [-0.1, -0.05) is 0 Å². The van der Waals surface area contributed by atoms with Crippen molar-refractivity contribution in [2.45, 2.75) is 37.8 Å². The van der Waals surface area contributed by atoms with Crippen LogP contribution in [0.3, 0.4) is 0 Å². The largest absolute Gasteiger partial charge is 0.374 e. The Morgan fingerprint density at radius 2 is 2.45 bits per heavy atom. The van der Waals surface area contributed by atoms with Gasteiger partial charge in [-0.2, -0.15) is 11.8 Å². The fourth-order valence-electron chi connectivity index (χ4n) is 3.69. The SMILES string of the molecule is CNC(c1ccncc1C)C1CCOC2(CCSC2)C1. The van der Waals surface area contributed by atoms with Crippen LogP contribution in [0.15, 0.2) is 18.5 Å². The van der Waals surface area contributed by atoms with Crippen LogP contribution in [0, 0.1) is 12.8 Å². The molecule has 3 heterocycles. The topological polar surface area (TPSA) is 34.2 Å². The van der Waals surface area contributed by atoms with E-state index >= 15 is 0 Å². The summed E-state index contributed by atoms with van der Waals surface area (Å²) in [6.45, 7) is 3.07. The van der Waals surface area contributed by atoms with Gasteiger partial charge in [0.25, 0.3) is 0 Å². The Hall–Kier alpha value is -0.580. The quantitative estimate of drug-likeness (QED) is 0.929. The molecule has 1 aromatic rings. The molecule has 0 amide bonds. The average Bonchev–Trinajstić information content (AvgIpc) is 2.90. The first-order valence-corrected chi connectivity index (χ1v) is 8.69. The van der Waals surface area contributed by atoms with Gasteiger partial charge in [0.2, 0.25) is 0 Å². The molecule has 0 bridgehead atoms. The van der Waals surface area contributed by atoms with Gasteiger partial charge >= 0.3 is 0 Å². The van der Waals surface area contributed by atoms with E-state index in [1.54, 1.807) is 0 Å². The van der Waals surface area contributed by atoms with E-state index in [0.717, 1.165) is 13.0 Å². The van der Waals surface area contributed by atoms with Gasteiger partial charge in [-0.25, -0.2) is 0 Å². The molecule has 20 heavy (non-hydrogen) atoms. The van der Waals surface area contributed by atoms with Crippen LogP contribution < -0.4 is 5.32 Å². The number of hydrogen-bond donors (Lipinski definition) is 1. The Morgan fingerprint density at radius 1 is 1.55 bits per heavy atom. The zero-order chi connectivity index (χ0) is 14.0. The highest BCUT2D eigenvalue weighted by Gasteiger charge is 2.42. The lowest BCUT2D eigenvalue weighted by Crippen LogP contribution is -2.43. The highest BCUT2D eigenvalue weighted by Crippen LogP contribution is 2.44. The summed E-state index contributed by atoms with van der Waals surface area (Å²) in [6, 6.07) is 2.59. The summed E-state index contributed by atoms with van der Waals surface area (Å²) in [4.78, 5) is 4.22. The predicted octanol–water partition coefficient (Wildman–Crippen LogP) is 2.95. The normalized spacial score (nSPS) is 31.6. The van der Waals surface area contributed by atoms with Crippen LogP contribution in [0.25, 0.3) is 0 Å². The number of aromatic nitrogens is 1. The molecule has 0 aromatic carbocycles. The first kappa shape index (κ1) is 14.4. The fraction of sp³-hybridized carbons (Fsp3) is 0.688. The zero-order valence-electron chi connectivity index (χ0n) is 12.4. The predicted molar refractivity (Wildman–Crippen MR) is 84.1 cm³/mol. The Bertz CT molecular complexity index is 460. The summed E-state index contributed by atoms with van der Waals surface area (Å²) in [5.74, 6) is 3.09. The summed E-state index contributed by atoms with van der Waals surface area (Å²) in [5.41, 5.74) is 2.84. The molecule has 4 heteroatoms. The molecule has 0 aliphatic carbocycles. The maximum Gasteiger partial charge on any atom is 0.0783 e. The Balaban J connectivity index is 1.81. The van der Waals surface area contributed by atoms with Crippen molar-refractivity contribution >= 4 is 11.8 Å². The molecule has 0 radical (unpaired) electrons. The minimum atomic E-state index is 0.156. The maximum atomic E-state index is 6.16. The van der Waals surface area contributed by atoms with Crippen molar-refractivity contribution in [2.24, 2.45) is 5.92 Å². The first-order valence-electron chi connectivity index (χ1n) is 7.54. The molecule has 3 atom stereocenters. The number of hydrogen-bond acceptors (Lipinski definition) is 4.